The number of hydrogen-bond donors (Lipinski definition) is 1. The zero-order chi connectivity index (χ0) is 23.7. The summed E-state index contributed by atoms with van der Waals surface area (Å²) in [7, 11) is 6.46. The lowest BCUT2D eigenvalue weighted by Crippen LogP contribution is -2.31. The fraction of sp³-hybridized carbons (Fsp3) is 0.240. The average Bonchev–Trinajstić information content (AvgIpc) is 3.53. The lowest BCUT2D eigenvalue weighted by molar-refractivity contribution is 0.319. The van der Waals surface area contributed by atoms with Crippen LogP contribution in [0.25, 0.3) is 17.5 Å². The molecule has 0 amide bonds. The number of aromatic nitrogens is 4. The van der Waals surface area contributed by atoms with Crippen molar-refractivity contribution in [2.24, 2.45) is 0 Å². The van der Waals surface area contributed by atoms with Crippen LogP contribution in [0.4, 0.5) is 0 Å². The Labute approximate surface area is 201 Å². The maximum atomic E-state index is 5.89. The largest absolute Gasteiger partial charge is 0.493 e. The number of hydrogen-bond acceptors (Lipinski definition) is 8. The van der Waals surface area contributed by atoms with Crippen molar-refractivity contribution >= 4 is 17.8 Å². The highest BCUT2D eigenvalue weighted by molar-refractivity contribution is 6.99. The Morgan fingerprint density at radius 1 is 0.853 bits per heavy atom. The van der Waals surface area contributed by atoms with Crippen LogP contribution < -0.4 is 18.9 Å². The predicted octanol–water partition coefficient (Wildman–Crippen LogP) is 4.52. The zero-order valence-corrected chi connectivity index (χ0v) is 20.1. The van der Waals surface area contributed by atoms with Crippen LogP contribution in [0.5, 0.6) is 23.1 Å². The summed E-state index contributed by atoms with van der Waals surface area (Å²) in [6.07, 6.45) is 4.90. The zero-order valence-electron chi connectivity index (χ0n) is 19.3. The van der Waals surface area contributed by atoms with Crippen molar-refractivity contribution in [2.45, 2.75) is 11.8 Å². The molecule has 1 unspecified atom stereocenters. The van der Waals surface area contributed by atoms with E-state index in [4.69, 9.17) is 18.9 Å². The highest BCUT2D eigenvalue weighted by atomic mass is 32.1. The highest BCUT2D eigenvalue weighted by Gasteiger charge is 2.40. The van der Waals surface area contributed by atoms with Gasteiger partial charge in [-0.15, -0.1) is 4.37 Å². The van der Waals surface area contributed by atoms with E-state index in [0.29, 0.717) is 35.2 Å². The van der Waals surface area contributed by atoms with Crippen molar-refractivity contribution in [3.05, 3.63) is 70.9 Å². The third kappa shape index (κ3) is 3.31. The van der Waals surface area contributed by atoms with Gasteiger partial charge in [0.25, 0.3) is 5.88 Å². The molecule has 0 saturated heterocycles. The first-order valence-corrected chi connectivity index (χ1v) is 11.4. The molecule has 4 aromatic rings. The van der Waals surface area contributed by atoms with Crippen molar-refractivity contribution in [3.8, 4) is 34.5 Å². The Kier molecular flexibility index (Phi) is 5.70. The second-order valence-corrected chi connectivity index (χ2v) is 8.34. The maximum absolute atomic E-state index is 5.89. The normalized spacial score (nSPS) is 16.7. The van der Waals surface area contributed by atoms with Gasteiger partial charge in [0, 0.05) is 28.7 Å². The van der Waals surface area contributed by atoms with Gasteiger partial charge in [0.2, 0.25) is 5.75 Å². The fourth-order valence-corrected chi connectivity index (χ4v) is 5.15. The summed E-state index contributed by atoms with van der Waals surface area (Å²) in [5, 5.41) is 7.81. The van der Waals surface area contributed by atoms with Crippen LogP contribution in [0, 0.1) is 0 Å². The molecule has 0 fully saturated rings. The van der Waals surface area contributed by atoms with Gasteiger partial charge >= 0.3 is 0 Å². The number of methoxy groups -OCH3 is 4. The standard InChI is InChI=1S/C25H24N4O4S/c1-30-19-11-10-17(22(31-2)23(19)32-3)25(15-8-6-5-7-9-15)13-12-16-18(14-25)26-27-20(16)21-24(33-4)29-34-28-21/h5-13H,14H2,1-4H3,(H,26,27). The molecule has 0 saturated carbocycles. The molecule has 1 atom stereocenters. The molecular weight excluding hydrogens is 452 g/mol. The number of rotatable bonds is 7. The minimum Gasteiger partial charge on any atom is -0.493 e. The third-order valence-corrected chi connectivity index (χ3v) is 6.73. The number of fused-ring (bicyclic) bond motifs is 1. The minimum atomic E-state index is -0.534. The number of nitrogens with one attached hydrogen (secondary N) is 1. The van der Waals surface area contributed by atoms with Crippen molar-refractivity contribution in [2.75, 3.05) is 28.4 Å². The molecule has 9 heteroatoms. The summed E-state index contributed by atoms with van der Waals surface area (Å²) >= 11 is 1.10. The molecule has 0 radical (unpaired) electrons. The molecule has 8 nitrogen and oxygen atoms in total. The lowest BCUT2D eigenvalue weighted by Gasteiger charge is -2.36. The number of allylic oxidation sites excluding steroid dienone is 1. The second kappa shape index (κ2) is 8.83. The Morgan fingerprint density at radius 2 is 1.65 bits per heavy atom. The number of ether oxygens (including phenoxy) is 4. The van der Waals surface area contributed by atoms with E-state index in [9.17, 15) is 0 Å². The SMILES string of the molecule is COc1ccc(C2(c3ccccc3)C=Cc3c(-c4nsnc4OC)n[nH]c3C2)c(OC)c1OC. The third-order valence-electron chi connectivity index (χ3n) is 6.22. The molecule has 5 rings (SSSR count). The molecule has 0 bridgehead atoms. The molecule has 2 heterocycles. The van der Waals surface area contributed by atoms with E-state index in [1.807, 2.05) is 30.3 Å². The van der Waals surface area contributed by atoms with E-state index >= 15 is 0 Å². The van der Waals surface area contributed by atoms with E-state index in [0.717, 1.165) is 39.8 Å². The number of nitrogens with zero attached hydrogens (tertiary/aromatic N) is 3. The van der Waals surface area contributed by atoms with Crippen molar-refractivity contribution in [1.82, 2.24) is 18.9 Å². The van der Waals surface area contributed by atoms with Crippen LogP contribution in [0.1, 0.15) is 22.4 Å². The molecule has 1 N–H and O–H groups in total. The van der Waals surface area contributed by atoms with Gasteiger partial charge in [-0.3, -0.25) is 5.10 Å². The van der Waals surface area contributed by atoms with E-state index in [1.54, 1.807) is 28.4 Å². The predicted molar refractivity (Wildman–Crippen MR) is 130 cm³/mol. The molecule has 2 aromatic carbocycles. The van der Waals surface area contributed by atoms with Gasteiger partial charge in [0.15, 0.2) is 17.2 Å². The van der Waals surface area contributed by atoms with Crippen LogP contribution in [0.3, 0.4) is 0 Å². The second-order valence-electron chi connectivity index (χ2n) is 7.82. The summed E-state index contributed by atoms with van der Waals surface area (Å²) in [5.41, 5.74) is 4.85. The molecule has 1 aliphatic carbocycles. The maximum Gasteiger partial charge on any atom is 0.255 e. The van der Waals surface area contributed by atoms with Crippen LogP contribution in [-0.4, -0.2) is 47.4 Å². The molecular formula is C25H24N4O4S. The first kappa shape index (κ1) is 22.0. The van der Waals surface area contributed by atoms with Crippen LogP contribution in [-0.2, 0) is 11.8 Å². The highest BCUT2D eigenvalue weighted by Crippen LogP contribution is 2.50. The quantitative estimate of drug-likeness (QED) is 0.419. The van der Waals surface area contributed by atoms with Gasteiger partial charge in [-0.1, -0.05) is 48.6 Å². The topological polar surface area (TPSA) is 91.4 Å². The molecule has 0 aliphatic heterocycles. The first-order valence-electron chi connectivity index (χ1n) is 10.6. The average molecular weight is 477 g/mol. The molecule has 2 aromatic heterocycles. The van der Waals surface area contributed by atoms with E-state index in [-0.39, 0.29) is 0 Å². The number of benzene rings is 2. The van der Waals surface area contributed by atoms with E-state index < -0.39 is 5.41 Å². The van der Waals surface area contributed by atoms with Gasteiger partial charge < -0.3 is 18.9 Å². The summed E-state index contributed by atoms with van der Waals surface area (Å²) < 4.78 is 31.1. The number of H-pyrrole nitrogens is 1. The van der Waals surface area contributed by atoms with E-state index in [2.05, 4.69) is 43.2 Å². The van der Waals surface area contributed by atoms with Crippen LogP contribution >= 0.6 is 11.7 Å². The van der Waals surface area contributed by atoms with Gasteiger partial charge in [-0.2, -0.15) is 9.47 Å². The Hall–Kier alpha value is -3.85. The van der Waals surface area contributed by atoms with Crippen molar-refractivity contribution < 1.29 is 18.9 Å². The lowest BCUT2D eigenvalue weighted by atomic mass is 9.68. The summed E-state index contributed by atoms with van der Waals surface area (Å²) in [4.78, 5) is 0. The van der Waals surface area contributed by atoms with Gasteiger partial charge in [-0.05, 0) is 11.6 Å². The van der Waals surface area contributed by atoms with Crippen molar-refractivity contribution in [3.63, 3.8) is 0 Å². The first-order chi connectivity index (χ1) is 16.7. The molecule has 1 aliphatic rings. The summed E-state index contributed by atoms with van der Waals surface area (Å²) in [6.45, 7) is 0. The number of aromatic amines is 1. The monoisotopic (exact) mass is 476 g/mol. The van der Waals surface area contributed by atoms with Gasteiger partial charge in [0.1, 0.15) is 5.69 Å². The molecule has 34 heavy (non-hydrogen) atoms. The molecule has 174 valence electrons. The minimum absolute atomic E-state index is 0.467. The van der Waals surface area contributed by atoms with Crippen LogP contribution in [0.15, 0.2) is 48.5 Å². The van der Waals surface area contributed by atoms with Gasteiger partial charge in [-0.25, -0.2) is 0 Å². The smallest absolute Gasteiger partial charge is 0.255 e. The molecule has 0 spiro atoms. The fourth-order valence-electron chi connectivity index (χ4n) is 4.63. The summed E-state index contributed by atoms with van der Waals surface area (Å²) in [6, 6.07) is 14.3. The Balaban J connectivity index is 1.71. The van der Waals surface area contributed by atoms with Crippen molar-refractivity contribution in [1.29, 1.82) is 0 Å². The van der Waals surface area contributed by atoms with Crippen LogP contribution in [0.2, 0.25) is 0 Å². The van der Waals surface area contributed by atoms with Gasteiger partial charge in [0.05, 0.1) is 40.2 Å². The Bertz CT molecular complexity index is 1350. The summed E-state index contributed by atoms with van der Waals surface area (Å²) in [5.74, 6) is 2.26. The Morgan fingerprint density at radius 3 is 2.35 bits per heavy atom. The van der Waals surface area contributed by atoms with E-state index in [1.165, 1.54) is 0 Å².